The summed E-state index contributed by atoms with van der Waals surface area (Å²) in [5.74, 6) is -0.189. The highest BCUT2D eigenvalue weighted by Crippen LogP contribution is 2.16. The summed E-state index contributed by atoms with van der Waals surface area (Å²) in [6.45, 7) is 0.247. The molecular formula is C15H17F2N3O2. The summed E-state index contributed by atoms with van der Waals surface area (Å²) in [6, 6.07) is 7.47. The lowest BCUT2D eigenvalue weighted by Gasteiger charge is -2.16. The van der Waals surface area contributed by atoms with Crippen molar-refractivity contribution in [3.63, 3.8) is 0 Å². The molecule has 0 aliphatic rings. The van der Waals surface area contributed by atoms with Crippen molar-refractivity contribution < 1.29 is 18.3 Å². The summed E-state index contributed by atoms with van der Waals surface area (Å²) in [5, 5.41) is 4.31. The summed E-state index contributed by atoms with van der Waals surface area (Å²) in [5.41, 5.74) is 1.19. The molecule has 0 N–H and O–H groups in total. The first kappa shape index (κ1) is 15.9. The van der Waals surface area contributed by atoms with Crippen molar-refractivity contribution in [2.24, 2.45) is 0 Å². The summed E-state index contributed by atoms with van der Waals surface area (Å²) < 4.78 is 30.2. The van der Waals surface area contributed by atoms with Gasteiger partial charge in [-0.1, -0.05) is 0 Å². The largest absolute Gasteiger partial charge is 0.435 e. The minimum atomic E-state index is -2.88. The van der Waals surface area contributed by atoms with E-state index in [9.17, 15) is 13.6 Å². The molecule has 0 fully saturated rings. The molecule has 1 amide bonds. The van der Waals surface area contributed by atoms with Crippen LogP contribution in [0.5, 0.6) is 5.75 Å². The number of rotatable bonds is 6. The van der Waals surface area contributed by atoms with Gasteiger partial charge >= 0.3 is 6.61 Å². The molecule has 0 bridgehead atoms. The van der Waals surface area contributed by atoms with Crippen LogP contribution in [0, 0.1) is 0 Å². The second-order valence-electron chi connectivity index (χ2n) is 4.73. The van der Waals surface area contributed by atoms with Gasteiger partial charge in [-0.25, -0.2) is 0 Å². The quantitative estimate of drug-likeness (QED) is 0.824. The summed E-state index contributed by atoms with van der Waals surface area (Å²) >= 11 is 0. The Bertz CT molecular complexity index is 626. The van der Waals surface area contributed by atoms with Gasteiger partial charge in [-0.15, -0.1) is 0 Å². The predicted octanol–water partition coefficient (Wildman–Crippen LogP) is 2.78. The van der Waals surface area contributed by atoms with E-state index >= 15 is 0 Å². The average molecular weight is 309 g/mol. The van der Waals surface area contributed by atoms with Crippen LogP contribution in [0.1, 0.15) is 23.0 Å². The normalized spacial score (nSPS) is 10.8. The third-order valence-electron chi connectivity index (χ3n) is 3.09. The van der Waals surface area contributed by atoms with Gasteiger partial charge in [0.25, 0.3) is 5.91 Å². The number of aryl methyl sites for hydroxylation is 1. The van der Waals surface area contributed by atoms with Gasteiger partial charge in [0, 0.05) is 25.4 Å². The van der Waals surface area contributed by atoms with Gasteiger partial charge in [0.15, 0.2) is 0 Å². The predicted molar refractivity (Wildman–Crippen MR) is 76.8 cm³/mol. The van der Waals surface area contributed by atoms with Gasteiger partial charge in [0.1, 0.15) is 5.75 Å². The van der Waals surface area contributed by atoms with Crippen LogP contribution in [0.4, 0.5) is 8.78 Å². The van der Waals surface area contributed by atoms with Crippen LogP contribution in [0.3, 0.4) is 0 Å². The van der Waals surface area contributed by atoms with Crippen LogP contribution >= 0.6 is 0 Å². The van der Waals surface area contributed by atoms with Crippen LogP contribution in [0.15, 0.2) is 36.5 Å². The number of carbonyl (C=O) groups is 1. The lowest BCUT2D eigenvalue weighted by molar-refractivity contribution is -0.0498. The molecule has 1 aromatic carbocycles. The Morgan fingerprint density at radius 2 is 2.00 bits per heavy atom. The molecule has 0 spiro atoms. The highest BCUT2D eigenvalue weighted by Gasteiger charge is 2.14. The number of alkyl halides is 2. The van der Waals surface area contributed by atoms with E-state index in [1.807, 2.05) is 19.2 Å². The van der Waals surface area contributed by atoms with Crippen molar-refractivity contribution in [2.45, 2.75) is 26.6 Å². The number of ether oxygens (including phenoxy) is 1. The molecule has 118 valence electrons. The monoisotopic (exact) mass is 309 g/mol. The molecule has 1 heterocycles. The van der Waals surface area contributed by atoms with Gasteiger partial charge in [-0.3, -0.25) is 9.48 Å². The number of aromatic nitrogens is 2. The van der Waals surface area contributed by atoms with Crippen LogP contribution in [0.2, 0.25) is 0 Å². The van der Waals surface area contributed by atoms with E-state index in [0.29, 0.717) is 12.1 Å². The number of halogens is 2. The maximum Gasteiger partial charge on any atom is 0.387 e. The van der Waals surface area contributed by atoms with E-state index in [1.165, 1.54) is 29.2 Å². The first-order chi connectivity index (χ1) is 10.5. The van der Waals surface area contributed by atoms with Crippen molar-refractivity contribution >= 4 is 5.91 Å². The molecular weight excluding hydrogens is 292 g/mol. The molecule has 2 rings (SSSR count). The molecule has 0 saturated heterocycles. The highest BCUT2D eigenvalue weighted by molar-refractivity contribution is 5.94. The molecule has 7 heteroatoms. The van der Waals surface area contributed by atoms with Crippen molar-refractivity contribution in [3.05, 3.63) is 47.8 Å². The zero-order valence-electron chi connectivity index (χ0n) is 12.4. The molecule has 5 nitrogen and oxygen atoms in total. The van der Waals surface area contributed by atoms with Crippen molar-refractivity contribution in [1.82, 2.24) is 14.7 Å². The lowest BCUT2D eigenvalue weighted by Crippen LogP contribution is -2.26. The van der Waals surface area contributed by atoms with Gasteiger partial charge in [-0.2, -0.15) is 13.9 Å². The summed E-state index contributed by atoms with van der Waals surface area (Å²) in [6.07, 6.45) is 1.85. The first-order valence-electron chi connectivity index (χ1n) is 6.82. The zero-order valence-corrected chi connectivity index (χ0v) is 12.4. The van der Waals surface area contributed by atoms with E-state index in [0.717, 1.165) is 12.2 Å². The SMILES string of the molecule is CCn1ccc(CN(C)C(=O)c2ccc(OC(F)F)cc2)n1. The standard InChI is InChI=1S/C15H17F2N3O2/c1-3-20-9-8-12(18-20)10-19(2)14(21)11-4-6-13(7-5-11)22-15(16)17/h4-9,15H,3,10H2,1-2H3. The molecule has 2 aromatic rings. The average Bonchev–Trinajstić information content (AvgIpc) is 2.94. The smallest absolute Gasteiger partial charge is 0.387 e. The van der Waals surface area contributed by atoms with Crippen molar-refractivity contribution in [1.29, 1.82) is 0 Å². The fourth-order valence-electron chi connectivity index (χ4n) is 1.98. The van der Waals surface area contributed by atoms with E-state index in [1.54, 1.807) is 11.7 Å². The van der Waals surface area contributed by atoms with Crippen molar-refractivity contribution in [2.75, 3.05) is 7.05 Å². The minimum absolute atomic E-state index is 0.0240. The van der Waals surface area contributed by atoms with Crippen LogP contribution in [-0.4, -0.2) is 34.2 Å². The second-order valence-corrected chi connectivity index (χ2v) is 4.73. The summed E-state index contributed by atoms with van der Waals surface area (Å²) in [4.78, 5) is 13.8. The molecule has 0 aliphatic heterocycles. The fourth-order valence-corrected chi connectivity index (χ4v) is 1.98. The number of hydrogen-bond acceptors (Lipinski definition) is 3. The molecule has 0 atom stereocenters. The topological polar surface area (TPSA) is 47.4 Å². The van der Waals surface area contributed by atoms with E-state index in [4.69, 9.17) is 0 Å². The fraction of sp³-hybridized carbons (Fsp3) is 0.333. The number of carbonyl (C=O) groups excluding carboxylic acids is 1. The summed E-state index contributed by atoms with van der Waals surface area (Å²) in [7, 11) is 1.66. The molecule has 0 aliphatic carbocycles. The molecule has 0 unspecified atom stereocenters. The maximum absolute atomic E-state index is 12.3. The first-order valence-corrected chi connectivity index (χ1v) is 6.82. The van der Waals surface area contributed by atoms with Crippen LogP contribution < -0.4 is 4.74 Å². The minimum Gasteiger partial charge on any atom is -0.435 e. The lowest BCUT2D eigenvalue weighted by atomic mass is 10.2. The Hall–Kier alpha value is -2.44. The van der Waals surface area contributed by atoms with Gasteiger partial charge < -0.3 is 9.64 Å². The zero-order chi connectivity index (χ0) is 16.1. The van der Waals surface area contributed by atoms with Crippen LogP contribution in [-0.2, 0) is 13.1 Å². The highest BCUT2D eigenvalue weighted by atomic mass is 19.3. The molecule has 1 aromatic heterocycles. The Balaban J connectivity index is 2.00. The van der Waals surface area contributed by atoms with Gasteiger partial charge in [-0.05, 0) is 37.3 Å². The van der Waals surface area contributed by atoms with Crippen molar-refractivity contribution in [3.8, 4) is 5.75 Å². The number of hydrogen-bond donors (Lipinski definition) is 0. The number of benzene rings is 1. The van der Waals surface area contributed by atoms with E-state index < -0.39 is 6.61 Å². The Kier molecular flexibility index (Phi) is 5.08. The molecule has 22 heavy (non-hydrogen) atoms. The van der Waals surface area contributed by atoms with Crippen LogP contribution in [0.25, 0.3) is 0 Å². The third kappa shape index (κ3) is 4.03. The Labute approximate surface area is 127 Å². The van der Waals surface area contributed by atoms with Gasteiger partial charge in [0.05, 0.1) is 12.2 Å². The molecule has 0 radical (unpaired) electrons. The molecule has 0 saturated carbocycles. The second kappa shape index (κ2) is 7.02. The maximum atomic E-state index is 12.3. The van der Waals surface area contributed by atoms with E-state index in [-0.39, 0.29) is 11.7 Å². The Morgan fingerprint density at radius 1 is 1.32 bits per heavy atom. The van der Waals surface area contributed by atoms with Gasteiger partial charge in [0.2, 0.25) is 0 Å². The third-order valence-corrected chi connectivity index (χ3v) is 3.09. The Morgan fingerprint density at radius 3 is 2.55 bits per heavy atom. The number of nitrogens with zero attached hydrogens (tertiary/aromatic N) is 3. The van der Waals surface area contributed by atoms with E-state index in [2.05, 4.69) is 9.84 Å². The number of amides is 1.